The summed E-state index contributed by atoms with van der Waals surface area (Å²) >= 11 is 0. The van der Waals surface area contributed by atoms with Gasteiger partial charge in [0.25, 0.3) is 5.91 Å². The second kappa shape index (κ2) is 10.6. The molecule has 0 aliphatic carbocycles. The summed E-state index contributed by atoms with van der Waals surface area (Å²) in [6.07, 6.45) is 3.20. The van der Waals surface area contributed by atoms with Gasteiger partial charge in [0.1, 0.15) is 11.7 Å². The third-order valence-electron chi connectivity index (χ3n) is 7.38. The molecule has 0 spiro atoms. The Morgan fingerprint density at radius 2 is 1.74 bits per heavy atom. The summed E-state index contributed by atoms with van der Waals surface area (Å²) in [4.78, 5) is 45.3. The average Bonchev–Trinajstić information content (AvgIpc) is 3.51. The largest absolute Gasteiger partial charge is 0.384 e. The lowest BCUT2D eigenvalue weighted by Crippen LogP contribution is -2.49. The lowest BCUT2D eigenvalue weighted by molar-refractivity contribution is -0.132. The Bertz CT molecular complexity index is 1240. The number of carbonyl (C=O) groups is 3. The van der Waals surface area contributed by atoms with Gasteiger partial charge in [-0.2, -0.15) is 9.78 Å². The van der Waals surface area contributed by atoms with E-state index in [1.165, 1.54) is 9.58 Å². The van der Waals surface area contributed by atoms with E-state index in [-0.39, 0.29) is 23.7 Å². The first-order valence-corrected chi connectivity index (χ1v) is 13.3. The molecule has 38 heavy (non-hydrogen) atoms. The van der Waals surface area contributed by atoms with Gasteiger partial charge in [-0.3, -0.25) is 19.9 Å². The number of nitrogen functional groups attached to an aromatic ring is 1. The summed E-state index contributed by atoms with van der Waals surface area (Å²) in [5.74, 6) is -0.349. The summed E-state index contributed by atoms with van der Waals surface area (Å²) in [7, 11) is 1.89. The number of piperidine rings is 1. The first-order valence-electron chi connectivity index (χ1n) is 13.3. The molecule has 2 saturated heterocycles. The van der Waals surface area contributed by atoms with Gasteiger partial charge in [-0.05, 0) is 38.2 Å². The van der Waals surface area contributed by atoms with E-state index in [2.05, 4.69) is 0 Å². The summed E-state index contributed by atoms with van der Waals surface area (Å²) in [6, 6.07) is 7.19. The Hall–Kier alpha value is -3.69. The molecule has 2 aliphatic heterocycles. The maximum absolute atomic E-state index is 13.6. The van der Waals surface area contributed by atoms with Crippen molar-refractivity contribution in [3.63, 3.8) is 0 Å². The van der Waals surface area contributed by atoms with Crippen molar-refractivity contribution in [2.45, 2.75) is 65.8 Å². The van der Waals surface area contributed by atoms with Crippen molar-refractivity contribution < 1.29 is 14.4 Å². The number of nitrogens with zero attached hydrogens (tertiary/aromatic N) is 5. The van der Waals surface area contributed by atoms with E-state index in [1.54, 1.807) is 17.0 Å². The maximum Gasteiger partial charge on any atom is 0.326 e. The molecule has 1 unspecified atom stereocenters. The van der Waals surface area contributed by atoms with Crippen LogP contribution in [0.25, 0.3) is 0 Å². The Labute approximate surface area is 224 Å². The molecule has 2 aliphatic rings. The summed E-state index contributed by atoms with van der Waals surface area (Å²) in [5.41, 5.74) is 7.84. The van der Waals surface area contributed by atoms with E-state index in [0.29, 0.717) is 56.1 Å². The summed E-state index contributed by atoms with van der Waals surface area (Å²) in [6.45, 7) is 9.70. The van der Waals surface area contributed by atoms with Crippen molar-refractivity contribution in [2.75, 3.05) is 31.6 Å². The van der Waals surface area contributed by atoms with E-state index >= 15 is 0 Å². The summed E-state index contributed by atoms with van der Waals surface area (Å²) in [5, 5.41) is 12.4. The highest BCUT2D eigenvalue weighted by Crippen LogP contribution is 2.36. The van der Waals surface area contributed by atoms with Gasteiger partial charge in [0.15, 0.2) is 0 Å². The summed E-state index contributed by atoms with van der Waals surface area (Å²) < 4.78 is 1.43. The van der Waals surface area contributed by atoms with Crippen LogP contribution in [0.4, 0.5) is 10.6 Å². The minimum absolute atomic E-state index is 0.00801. The van der Waals surface area contributed by atoms with Gasteiger partial charge in [-0.15, -0.1) is 0 Å². The number of imide groups is 1. The molecule has 0 radical (unpaired) electrons. The van der Waals surface area contributed by atoms with Gasteiger partial charge in [0, 0.05) is 49.8 Å². The topological polar surface area (TPSA) is 129 Å². The maximum atomic E-state index is 13.6. The molecular weight excluding hydrogens is 482 g/mol. The highest BCUT2D eigenvalue weighted by molar-refractivity contribution is 5.99. The fourth-order valence-corrected chi connectivity index (χ4v) is 5.28. The molecule has 2 aromatic rings. The number of amides is 3. The number of urea groups is 1. The first kappa shape index (κ1) is 27.3. The number of benzene rings is 1. The number of rotatable bonds is 5. The fourth-order valence-electron chi connectivity index (χ4n) is 5.28. The molecule has 0 saturated carbocycles. The number of hydrogen-bond donors (Lipinski definition) is 2. The zero-order valence-electron chi connectivity index (χ0n) is 23.1. The zero-order chi connectivity index (χ0) is 27.8. The molecular formula is C28H39N7O3. The molecule has 2 fully saturated rings. The minimum atomic E-state index is -0.692. The van der Waals surface area contributed by atoms with Gasteiger partial charge in [0.2, 0.25) is 5.91 Å². The highest BCUT2D eigenvalue weighted by atomic mass is 16.2. The molecule has 3 amide bonds. The number of anilines is 1. The van der Waals surface area contributed by atoms with Crippen LogP contribution in [-0.2, 0) is 11.3 Å². The zero-order valence-corrected chi connectivity index (χ0v) is 23.1. The van der Waals surface area contributed by atoms with Gasteiger partial charge in [-0.1, -0.05) is 45.0 Å². The van der Waals surface area contributed by atoms with Crippen molar-refractivity contribution in [3.05, 3.63) is 46.6 Å². The van der Waals surface area contributed by atoms with Gasteiger partial charge in [-0.25, -0.2) is 4.79 Å². The lowest BCUT2D eigenvalue weighted by atomic mass is 9.91. The van der Waals surface area contributed by atoms with Crippen LogP contribution in [0.3, 0.4) is 0 Å². The molecule has 1 aromatic heterocycles. The number of amidine groups is 1. The van der Waals surface area contributed by atoms with Crippen LogP contribution < -0.4 is 10.6 Å². The van der Waals surface area contributed by atoms with Crippen LogP contribution in [-0.4, -0.2) is 69.9 Å². The van der Waals surface area contributed by atoms with Gasteiger partial charge >= 0.3 is 6.03 Å². The second-order valence-electron chi connectivity index (χ2n) is 11.4. The Kier molecular flexibility index (Phi) is 7.62. The van der Waals surface area contributed by atoms with E-state index in [4.69, 9.17) is 16.2 Å². The Morgan fingerprint density at radius 1 is 1.11 bits per heavy atom. The predicted octanol–water partition coefficient (Wildman–Crippen LogP) is 3.72. The predicted molar refractivity (Wildman–Crippen MR) is 147 cm³/mol. The third kappa shape index (κ3) is 5.30. The van der Waals surface area contributed by atoms with Crippen LogP contribution >= 0.6 is 0 Å². The molecule has 204 valence electrons. The molecule has 10 heteroatoms. The first-order chi connectivity index (χ1) is 17.9. The van der Waals surface area contributed by atoms with E-state index in [1.807, 2.05) is 51.8 Å². The fraction of sp³-hybridized carbons (Fsp3) is 0.536. The van der Waals surface area contributed by atoms with E-state index in [0.717, 1.165) is 24.0 Å². The molecule has 1 atom stereocenters. The number of nitrogens with one attached hydrogen (secondary N) is 1. The smallest absolute Gasteiger partial charge is 0.326 e. The van der Waals surface area contributed by atoms with Crippen molar-refractivity contribution in [3.8, 4) is 0 Å². The number of likely N-dealkylation sites (tertiary alicyclic amines) is 2. The molecule has 1 aromatic carbocycles. The SMILES string of the molecule is Cc1c(C2CCCN(C(=O)N3CCCC3)C2=O)nn(C(=O)C(C)(C)C)c1N(C)Cc1ccc(C(=N)N)cc1. The lowest BCUT2D eigenvalue weighted by Gasteiger charge is -2.33. The minimum Gasteiger partial charge on any atom is -0.384 e. The average molecular weight is 522 g/mol. The molecule has 10 nitrogen and oxygen atoms in total. The normalized spacial score (nSPS) is 18.1. The van der Waals surface area contributed by atoms with Gasteiger partial charge < -0.3 is 15.5 Å². The molecule has 3 heterocycles. The van der Waals surface area contributed by atoms with Gasteiger partial charge in [0.05, 0.1) is 11.6 Å². The molecule has 4 rings (SSSR count). The van der Waals surface area contributed by atoms with Crippen molar-refractivity contribution >= 4 is 29.5 Å². The van der Waals surface area contributed by atoms with Crippen LogP contribution in [0.15, 0.2) is 24.3 Å². The monoisotopic (exact) mass is 521 g/mol. The molecule has 3 N–H and O–H groups in total. The number of carbonyl (C=O) groups excluding carboxylic acids is 3. The third-order valence-corrected chi connectivity index (χ3v) is 7.38. The van der Waals surface area contributed by atoms with Crippen molar-refractivity contribution in [1.82, 2.24) is 19.6 Å². The van der Waals surface area contributed by atoms with E-state index in [9.17, 15) is 14.4 Å². The van der Waals surface area contributed by atoms with Crippen molar-refractivity contribution in [1.29, 1.82) is 5.41 Å². The van der Waals surface area contributed by atoms with Crippen LogP contribution in [0.5, 0.6) is 0 Å². The van der Waals surface area contributed by atoms with Crippen molar-refractivity contribution in [2.24, 2.45) is 11.1 Å². The Balaban J connectivity index is 1.68. The molecule has 0 bridgehead atoms. The number of aromatic nitrogens is 2. The standard InChI is InChI=1S/C28H39N7O3/c1-18-22(21-9-8-16-34(25(21)36)27(38)33-14-6-7-15-33)31-35(26(37)28(2,3)4)24(18)32(5)17-19-10-12-20(13-11-19)23(29)30/h10-13,21H,6-9,14-17H2,1-5H3,(H3,29,30). The van der Waals surface area contributed by atoms with Crippen LogP contribution in [0, 0.1) is 17.7 Å². The second-order valence-corrected chi connectivity index (χ2v) is 11.4. The van der Waals surface area contributed by atoms with Crippen LogP contribution in [0.1, 0.15) is 79.6 Å². The van der Waals surface area contributed by atoms with Crippen LogP contribution in [0.2, 0.25) is 0 Å². The number of nitrogens with two attached hydrogens (primary N) is 1. The highest BCUT2D eigenvalue weighted by Gasteiger charge is 2.40. The quantitative estimate of drug-likeness (QED) is 0.456. The number of hydrogen-bond acceptors (Lipinski definition) is 6. The Morgan fingerprint density at radius 3 is 2.32 bits per heavy atom. The van der Waals surface area contributed by atoms with E-state index < -0.39 is 11.3 Å².